The van der Waals surface area contributed by atoms with Crippen molar-refractivity contribution in [1.29, 1.82) is 5.41 Å². The van der Waals surface area contributed by atoms with Gasteiger partial charge in [-0.3, -0.25) is 15.3 Å². The quantitative estimate of drug-likeness (QED) is 0.633. The molecule has 0 bridgehead atoms. The minimum absolute atomic E-state index is 0.0416. The molecule has 0 saturated carbocycles. The fraction of sp³-hybridized carbons (Fsp3) is 0.571. The van der Waals surface area contributed by atoms with Gasteiger partial charge in [-0.05, 0) is 25.5 Å². The van der Waals surface area contributed by atoms with Gasteiger partial charge in [0.1, 0.15) is 11.5 Å². The Kier molecular flexibility index (Phi) is 4.37. The lowest BCUT2D eigenvalue weighted by atomic mass is 10.1. The van der Waals surface area contributed by atoms with Gasteiger partial charge in [0.05, 0.1) is 5.69 Å². The van der Waals surface area contributed by atoms with Crippen LogP contribution in [0.1, 0.15) is 26.0 Å². The van der Waals surface area contributed by atoms with E-state index in [0.29, 0.717) is 11.7 Å². The molecule has 1 fully saturated rings. The van der Waals surface area contributed by atoms with Crippen LogP contribution in [-0.4, -0.2) is 47.9 Å². The molecule has 1 aliphatic heterocycles. The first kappa shape index (κ1) is 13.8. The number of nitrogens with zero attached hydrogens (tertiary/aromatic N) is 3. The van der Waals surface area contributed by atoms with Gasteiger partial charge in [0.2, 0.25) is 0 Å². The lowest BCUT2D eigenvalue weighted by Crippen LogP contribution is -2.50. The summed E-state index contributed by atoms with van der Waals surface area (Å²) >= 11 is 0. The molecule has 1 saturated heterocycles. The van der Waals surface area contributed by atoms with Gasteiger partial charge >= 0.3 is 0 Å². The molecule has 0 spiro atoms. The van der Waals surface area contributed by atoms with Crippen LogP contribution in [0.25, 0.3) is 0 Å². The average molecular weight is 261 g/mol. The van der Waals surface area contributed by atoms with Gasteiger partial charge in [0.15, 0.2) is 0 Å². The highest BCUT2D eigenvalue weighted by Gasteiger charge is 2.22. The summed E-state index contributed by atoms with van der Waals surface area (Å²) < 4.78 is 0. The van der Waals surface area contributed by atoms with Gasteiger partial charge in [-0.2, -0.15) is 0 Å². The second kappa shape index (κ2) is 6.02. The Morgan fingerprint density at radius 1 is 1.42 bits per heavy atom. The van der Waals surface area contributed by atoms with E-state index in [2.05, 4.69) is 28.6 Å². The first-order valence-corrected chi connectivity index (χ1v) is 6.92. The number of amidine groups is 1. The SMILES string of the molecule is CCC(C)N1CCN(c2cccnc2C(=N)N)CC1. The molecule has 19 heavy (non-hydrogen) atoms. The summed E-state index contributed by atoms with van der Waals surface area (Å²) in [6.45, 7) is 8.56. The molecule has 5 heteroatoms. The summed E-state index contributed by atoms with van der Waals surface area (Å²) in [5.74, 6) is 0.0416. The molecule has 1 atom stereocenters. The monoisotopic (exact) mass is 261 g/mol. The maximum atomic E-state index is 7.61. The third-order valence-electron chi connectivity index (χ3n) is 3.91. The van der Waals surface area contributed by atoms with Gasteiger partial charge in [0, 0.05) is 38.4 Å². The van der Waals surface area contributed by atoms with E-state index >= 15 is 0 Å². The Labute approximate surface area is 114 Å². The van der Waals surface area contributed by atoms with E-state index in [1.165, 1.54) is 6.42 Å². The van der Waals surface area contributed by atoms with Crippen molar-refractivity contribution in [2.45, 2.75) is 26.3 Å². The number of nitrogens with two attached hydrogens (primary N) is 1. The van der Waals surface area contributed by atoms with Crippen molar-refractivity contribution in [3.05, 3.63) is 24.0 Å². The van der Waals surface area contributed by atoms with Crippen molar-refractivity contribution in [3.8, 4) is 0 Å². The number of anilines is 1. The number of hydrogen-bond donors (Lipinski definition) is 2. The Balaban J connectivity index is 2.08. The van der Waals surface area contributed by atoms with Crippen LogP contribution < -0.4 is 10.6 Å². The number of nitrogens with one attached hydrogen (secondary N) is 1. The molecule has 0 radical (unpaired) electrons. The standard InChI is InChI=1S/C14H23N5/c1-3-11(2)18-7-9-19(10-8-18)12-5-4-6-17-13(12)14(15)16/h4-6,11H,3,7-10H2,1-2H3,(H3,15,16). The summed E-state index contributed by atoms with van der Waals surface area (Å²) in [7, 11) is 0. The van der Waals surface area contributed by atoms with Crippen LogP contribution in [0.5, 0.6) is 0 Å². The summed E-state index contributed by atoms with van der Waals surface area (Å²) in [5.41, 5.74) is 7.18. The predicted molar refractivity (Wildman–Crippen MR) is 78.8 cm³/mol. The van der Waals surface area contributed by atoms with E-state index in [-0.39, 0.29) is 5.84 Å². The second-order valence-electron chi connectivity index (χ2n) is 5.07. The van der Waals surface area contributed by atoms with Crippen LogP contribution in [0.3, 0.4) is 0 Å². The first-order chi connectivity index (χ1) is 9.13. The molecule has 1 unspecified atom stereocenters. The number of piperazine rings is 1. The number of rotatable bonds is 4. The molecule has 2 heterocycles. The van der Waals surface area contributed by atoms with Crippen molar-refractivity contribution in [3.63, 3.8) is 0 Å². The third kappa shape index (κ3) is 3.04. The smallest absolute Gasteiger partial charge is 0.143 e. The maximum Gasteiger partial charge on any atom is 0.143 e. The van der Waals surface area contributed by atoms with Gasteiger partial charge in [-0.15, -0.1) is 0 Å². The Bertz CT molecular complexity index is 437. The largest absolute Gasteiger partial charge is 0.382 e. The van der Waals surface area contributed by atoms with Crippen LogP contribution in [0.2, 0.25) is 0 Å². The average Bonchev–Trinajstić information content (AvgIpc) is 2.46. The van der Waals surface area contributed by atoms with E-state index in [1.54, 1.807) is 6.20 Å². The zero-order valence-corrected chi connectivity index (χ0v) is 11.8. The van der Waals surface area contributed by atoms with E-state index in [1.807, 2.05) is 12.1 Å². The van der Waals surface area contributed by atoms with Gasteiger partial charge < -0.3 is 10.6 Å². The lowest BCUT2D eigenvalue weighted by molar-refractivity contribution is 0.193. The Hall–Kier alpha value is -1.62. The van der Waals surface area contributed by atoms with Crippen LogP contribution in [0, 0.1) is 5.41 Å². The number of aromatic nitrogens is 1. The van der Waals surface area contributed by atoms with Crippen molar-refractivity contribution in [2.75, 3.05) is 31.1 Å². The van der Waals surface area contributed by atoms with Crippen molar-refractivity contribution < 1.29 is 0 Å². The highest BCUT2D eigenvalue weighted by atomic mass is 15.3. The van der Waals surface area contributed by atoms with Crippen LogP contribution >= 0.6 is 0 Å². The Morgan fingerprint density at radius 2 is 2.11 bits per heavy atom. The number of nitrogen functional groups attached to an aromatic ring is 1. The van der Waals surface area contributed by atoms with E-state index in [9.17, 15) is 0 Å². The Morgan fingerprint density at radius 3 is 2.68 bits per heavy atom. The lowest BCUT2D eigenvalue weighted by Gasteiger charge is -2.39. The number of hydrogen-bond acceptors (Lipinski definition) is 4. The minimum atomic E-state index is 0.0416. The molecule has 0 amide bonds. The predicted octanol–water partition coefficient (Wildman–Crippen LogP) is 1.29. The number of pyridine rings is 1. The fourth-order valence-corrected chi connectivity index (χ4v) is 2.52. The topological polar surface area (TPSA) is 69.2 Å². The fourth-order valence-electron chi connectivity index (χ4n) is 2.52. The van der Waals surface area contributed by atoms with Gasteiger partial charge in [0.25, 0.3) is 0 Å². The van der Waals surface area contributed by atoms with Crippen LogP contribution in [0.4, 0.5) is 5.69 Å². The summed E-state index contributed by atoms with van der Waals surface area (Å²) in [4.78, 5) is 9.01. The maximum absolute atomic E-state index is 7.61. The molecule has 0 aliphatic carbocycles. The normalized spacial score (nSPS) is 18.3. The zero-order valence-electron chi connectivity index (χ0n) is 11.8. The van der Waals surface area contributed by atoms with Crippen molar-refractivity contribution in [2.24, 2.45) is 5.73 Å². The molecule has 1 aliphatic rings. The zero-order chi connectivity index (χ0) is 13.8. The third-order valence-corrected chi connectivity index (χ3v) is 3.91. The molecule has 104 valence electrons. The van der Waals surface area contributed by atoms with Gasteiger partial charge in [-0.1, -0.05) is 6.92 Å². The molecule has 0 aromatic carbocycles. The molecular weight excluding hydrogens is 238 g/mol. The van der Waals surface area contributed by atoms with Gasteiger partial charge in [-0.25, -0.2) is 0 Å². The van der Waals surface area contributed by atoms with Crippen molar-refractivity contribution >= 4 is 11.5 Å². The molecule has 1 aromatic heterocycles. The summed E-state index contributed by atoms with van der Waals surface area (Å²) in [6, 6.07) is 4.55. The molecule has 3 N–H and O–H groups in total. The molecule has 1 aromatic rings. The van der Waals surface area contributed by atoms with Crippen LogP contribution in [-0.2, 0) is 0 Å². The summed E-state index contributed by atoms with van der Waals surface area (Å²) in [5, 5.41) is 7.61. The molecule has 2 rings (SSSR count). The van der Waals surface area contributed by atoms with E-state index in [0.717, 1.165) is 31.9 Å². The van der Waals surface area contributed by atoms with Crippen LogP contribution in [0.15, 0.2) is 18.3 Å². The molecular formula is C14H23N5. The van der Waals surface area contributed by atoms with Crippen molar-refractivity contribution in [1.82, 2.24) is 9.88 Å². The minimum Gasteiger partial charge on any atom is -0.382 e. The van der Waals surface area contributed by atoms with E-state index in [4.69, 9.17) is 11.1 Å². The first-order valence-electron chi connectivity index (χ1n) is 6.92. The molecule has 5 nitrogen and oxygen atoms in total. The van der Waals surface area contributed by atoms with E-state index < -0.39 is 0 Å². The highest BCUT2D eigenvalue weighted by Crippen LogP contribution is 2.20. The highest BCUT2D eigenvalue weighted by molar-refractivity contribution is 5.98. The summed E-state index contributed by atoms with van der Waals surface area (Å²) in [6.07, 6.45) is 2.88. The second-order valence-corrected chi connectivity index (χ2v) is 5.07.